The number of ether oxygens (including phenoxy) is 2. The first kappa shape index (κ1) is 15.8. The van der Waals surface area contributed by atoms with Crippen molar-refractivity contribution in [1.29, 1.82) is 0 Å². The number of nitrogens with two attached hydrogens (primary N) is 1. The number of methoxy groups -OCH3 is 2. The van der Waals surface area contributed by atoms with Gasteiger partial charge in [-0.05, 0) is 50.8 Å². The second-order valence-corrected chi connectivity index (χ2v) is 5.15. The van der Waals surface area contributed by atoms with Crippen molar-refractivity contribution in [2.45, 2.75) is 39.2 Å². The molecule has 0 amide bonds. The fourth-order valence-corrected chi connectivity index (χ4v) is 2.34. The van der Waals surface area contributed by atoms with Crippen molar-refractivity contribution in [3.8, 4) is 11.5 Å². The Morgan fingerprint density at radius 2 is 1.84 bits per heavy atom. The summed E-state index contributed by atoms with van der Waals surface area (Å²) in [7, 11) is 3.31. The van der Waals surface area contributed by atoms with Crippen LogP contribution in [0.3, 0.4) is 0 Å². The monoisotopic (exact) mass is 267 g/mol. The molecule has 4 heteroatoms. The summed E-state index contributed by atoms with van der Waals surface area (Å²) in [6, 6.07) is 1.94. The van der Waals surface area contributed by atoms with E-state index >= 15 is 0 Å². The molecule has 0 saturated heterocycles. The molecule has 19 heavy (non-hydrogen) atoms. The Kier molecular flexibility index (Phi) is 5.20. The van der Waals surface area contributed by atoms with Crippen molar-refractivity contribution >= 4 is 0 Å². The van der Waals surface area contributed by atoms with Crippen molar-refractivity contribution in [3.63, 3.8) is 0 Å². The first-order valence-corrected chi connectivity index (χ1v) is 6.51. The maximum absolute atomic E-state index is 8.99. The van der Waals surface area contributed by atoms with Crippen molar-refractivity contribution in [3.05, 3.63) is 22.8 Å². The van der Waals surface area contributed by atoms with E-state index in [2.05, 4.69) is 0 Å². The second-order valence-electron chi connectivity index (χ2n) is 5.15. The maximum Gasteiger partial charge on any atom is 0.127 e. The Bertz CT molecular complexity index is 442. The van der Waals surface area contributed by atoms with Gasteiger partial charge >= 0.3 is 0 Å². The Labute approximate surface area is 115 Å². The van der Waals surface area contributed by atoms with Crippen LogP contribution in [0.5, 0.6) is 11.5 Å². The molecule has 0 aliphatic rings. The lowest BCUT2D eigenvalue weighted by Gasteiger charge is -2.29. The van der Waals surface area contributed by atoms with Gasteiger partial charge in [-0.2, -0.15) is 0 Å². The molecule has 0 fully saturated rings. The normalized spacial score (nSPS) is 14.1. The van der Waals surface area contributed by atoms with E-state index in [-0.39, 0.29) is 6.61 Å². The number of hydrogen-bond donors (Lipinski definition) is 2. The molecule has 1 aromatic rings. The van der Waals surface area contributed by atoms with E-state index in [0.717, 1.165) is 28.2 Å². The van der Waals surface area contributed by atoms with Gasteiger partial charge in [0.1, 0.15) is 11.5 Å². The van der Waals surface area contributed by atoms with Gasteiger partial charge in [-0.3, -0.25) is 0 Å². The van der Waals surface area contributed by atoms with Crippen LogP contribution < -0.4 is 15.2 Å². The molecular formula is C15H25NO3. The molecule has 0 saturated carbocycles. The SMILES string of the molecule is COc1cc(C(C)(N)CCCO)c(OC)c(C)c1C. The largest absolute Gasteiger partial charge is 0.496 e. The minimum absolute atomic E-state index is 0.136. The van der Waals surface area contributed by atoms with Crippen LogP contribution in [-0.4, -0.2) is 25.9 Å². The predicted octanol–water partition coefficient (Wildman–Crippen LogP) is 2.27. The van der Waals surface area contributed by atoms with Crippen molar-refractivity contribution < 1.29 is 14.6 Å². The Balaban J connectivity index is 3.36. The lowest BCUT2D eigenvalue weighted by atomic mass is 9.85. The molecule has 108 valence electrons. The molecule has 0 aromatic heterocycles. The molecule has 0 aliphatic carbocycles. The highest BCUT2D eigenvalue weighted by atomic mass is 16.5. The van der Waals surface area contributed by atoms with Crippen molar-refractivity contribution in [2.24, 2.45) is 5.73 Å². The first-order chi connectivity index (χ1) is 8.88. The van der Waals surface area contributed by atoms with Gasteiger partial charge in [0.05, 0.1) is 14.2 Å². The van der Waals surface area contributed by atoms with Crippen LogP contribution in [0, 0.1) is 13.8 Å². The molecule has 1 unspecified atom stereocenters. The van der Waals surface area contributed by atoms with Gasteiger partial charge in [0.15, 0.2) is 0 Å². The molecule has 3 N–H and O–H groups in total. The van der Waals surface area contributed by atoms with Gasteiger partial charge in [0, 0.05) is 17.7 Å². The average Bonchev–Trinajstić information content (AvgIpc) is 2.39. The number of aliphatic hydroxyl groups excluding tert-OH is 1. The lowest BCUT2D eigenvalue weighted by Crippen LogP contribution is -2.34. The van der Waals surface area contributed by atoms with Gasteiger partial charge in [0.2, 0.25) is 0 Å². The third-order valence-electron chi connectivity index (χ3n) is 3.69. The van der Waals surface area contributed by atoms with Crippen molar-refractivity contribution in [1.82, 2.24) is 0 Å². The number of rotatable bonds is 6. The molecule has 0 spiro atoms. The molecule has 0 aliphatic heterocycles. The van der Waals surface area contributed by atoms with Crippen LogP contribution in [0.15, 0.2) is 6.07 Å². The standard InChI is InChI=1S/C15H25NO3/c1-10-11(2)14(19-5)12(9-13(10)18-4)15(3,16)7-6-8-17/h9,17H,6-8,16H2,1-5H3. The first-order valence-electron chi connectivity index (χ1n) is 6.51. The third-order valence-corrected chi connectivity index (χ3v) is 3.69. The van der Waals surface area contributed by atoms with Gasteiger partial charge in [-0.15, -0.1) is 0 Å². The molecular weight excluding hydrogens is 242 g/mol. The zero-order chi connectivity index (χ0) is 14.6. The van der Waals surface area contributed by atoms with E-state index in [1.165, 1.54) is 0 Å². The predicted molar refractivity (Wildman–Crippen MR) is 76.9 cm³/mol. The van der Waals surface area contributed by atoms with Crippen LogP contribution >= 0.6 is 0 Å². The Morgan fingerprint density at radius 1 is 1.21 bits per heavy atom. The van der Waals surface area contributed by atoms with Crippen molar-refractivity contribution in [2.75, 3.05) is 20.8 Å². The number of hydrogen-bond acceptors (Lipinski definition) is 4. The number of aliphatic hydroxyl groups is 1. The molecule has 1 aromatic carbocycles. The zero-order valence-electron chi connectivity index (χ0n) is 12.5. The molecule has 0 radical (unpaired) electrons. The Hall–Kier alpha value is -1.26. The lowest BCUT2D eigenvalue weighted by molar-refractivity contribution is 0.263. The second kappa shape index (κ2) is 6.26. The van der Waals surface area contributed by atoms with E-state index < -0.39 is 5.54 Å². The van der Waals surface area contributed by atoms with Gasteiger partial charge < -0.3 is 20.3 Å². The summed E-state index contributed by atoms with van der Waals surface area (Å²) in [5, 5.41) is 8.99. The summed E-state index contributed by atoms with van der Waals surface area (Å²) >= 11 is 0. The summed E-state index contributed by atoms with van der Waals surface area (Å²) in [4.78, 5) is 0. The van der Waals surface area contributed by atoms with Crippen LogP contribution in [0.4, 0.5) is 0 Å². The van der Waals surface area contributed by atoms with Gasteiger partial charge in [-0.1, -0.05) is 0 Å². The summed E-state index contributed by atoms with van der Waals surface area (Å²) in [5.41, 5.74) is 8.86. The summed E-state index contributed by atoms with van der Waals surface area (Å²) in [6.07, 6.45) is 1.34. The molecule has 4 nitrogen and oxygen atoms in total. The third kappa shape index (κ3) is 3.19. The summed E-state index contributed by atoms with van der Waals surface area (Å²) in [6.45, 7) is 6.09. The van der Waals surface area contributed by atoms with Crippen LogP contribution in [-0.2, 0) is 5.54 Å². The van der Waals surface area contributed by atoms with E-state index in [1.807, 2.05) is 26.8 Å². The summed E-state index contributed by atoms with van der Waals surface area (Å²) < 4.78 is 10.9. The van der Waals surface area contributed by atoms with E-state index in [4.69, 9.17) is 20.3 Å². The zero-order valence-corrected chi connectivity index (χ0v) is 12.5. The van der Waals surface area contributed by atoms with Crippen LogP contribution in [0.25, 0.3) is 0 Å². The quantitative estimate of drug-likeness (QED) is 0.830. The fourth-order valence-electron chi connectivity index (χ4n) is 2.34. The molecule has 1 rings (SSSR count). The average molecular weight is 267 g/mol. The van der Waals surface area contributed by atoms with E-state index in [0.29, 0.717) is 12.8 Å². The van der Waals surface area contributed by atoms with Gasteiger partial charge in [0.25, 0.3) is 0 Å². The Morgan fingerprint density at radius 3 is 2.32 bits per heavy atom. The van der Waals surface area contributed by atoms with E-state index in [9.17, 15) is 0 Å². The molecule has 0 bridgehead atoms. The minimum Gasteiger partial charge on any atom is -0.496 e. The molecule has 0 heterocycles. The van der Waals surface area contributed by atoms with E-state index in [1.54, 1.807) is 14.2 Å². The highest BCUT2D eigenvalue weighted by Gasteiger charge is 2.27. The fraction of sp³-hybridized carbons (Fsp3) is 0.600. The highest BCUT2D eigenvalue weighted by molar-refractivity contribution is 5.54. The topological polar surface area (TPSA) is 64.7 Å². The minimum atomic E-state index is -0.556. The van der Waals surface area contributed by atoms with Gasteiger partial charge in [-0.25, -0.2) is 0 Å². The number of benzene rings is 1. The highest BCUT2D eigenvalue weighted by Crippen LogP contribution is 2.39. The van der Waals surface area contributed by atoms with Crippen LogP contribution in [0.1, 0.15) is 36.5 Å². The smallest absolute Gasteiger partial charge is 0.127 e. The summed E-state index contributed by atoms with van der Waals surface area (Å²) in [5.74, 6) is 1.62. The molecule has 1 atom stereocenters. The van der Waals surface area contributed by atoms with Crippen LogP contribution in [0.2, 0.25) is 0 Å². The maximum atomic E-state index is 8.99.